The SMILES string of the molecule is C[C@@]12OC(=O)[C@]1(C=O)NC(=O)[C@@H]2CCCl. The molecule has 15 heavy (non-hydrogen) atoms. The molecule has 3 atom stereocenters. The molecule has 0 aromatic rings. The molecule has 2 aliphatic heterocycles. The third kappa shape index (κ3) is 0.963. The molecule has 2 saturated heterocycles. The van der Waals surface area contributed by atoms with E-state index >= 15 is 0 Å². The van der Waals surface area contributed by atoms with Gasteiger partial charge in [-0.3, -0.25) is 9.59 Å². The Kier molecular flexibility index (Phi) is 2.05. The van der Waals surface area contributed by atoms with Gasteiger partial charge in [0.2, 0.25) is 11.4 Å². The van der Waals surface area contributed by atoms with Crippen molar-refractivity contribution in [2.75, 3.05) is 5.88 Å². The second-order valence-corrected chi connectivity index (χ2v) is 4.32. The van der Waals surface area contributed by atoms with Crippen LogP contribution in [0.5, 0.6) is 0 Å². The molecule has 6 heteroatoms. The summed E-state index contributed by atoms with van der Waals surface area (Å²) in [6, 6.07) is 0. The van der Waals surface area contributed by atoms with Gasteiger partial charge in [-0.1, -0.05) is 0 Å². The fraction of sp³-hybridized carbons (Fsp3) is 0.667. The lowest BCUT2D eigenvalue weighted by molar-refractivity contribution is -0.214. The smallest absolute Gasteiger partial charge is 0.344 e. The number of hydrogen-bond donors (Lipinski definition) is 1. The van der Waals surface area contributed by atoms with Crippen molar-refractivity contribution in [1.29, 1.82) is 0 Å². The minimum Gasteiger partial charge on any atom is -0.453 e. The molecular formula is C9H10ClNO4. The predicted molar refractivity (Wildman–Crippen MR) is 50.3 cm³/mol. The number of halogens is 1. The maximum Gasteiger partial charge on any atom is 0.344 e. The van der Waals surface area contributed by atoms with Crippen LogP contribution in [-0.2, 0) is 19.1 Å². The number of esters is 1. The molecule has 1 N–H and O–H groups in total. The number of ether oxygens (including phenoxy) is 1. The summed E-state index contributed by atoms with van der Waals surface area (Å²) >= 11 is 5.56. The first-order valence-corrected chi connectivity index (χ1v) is 5.13. The normalized spacial score (nSPS) is 42.7. The number of nitrogens with one attached hydrogen (secondary N) is 1. The Morgan fingerprint density at radius 1 is 1.60 bits per heavy atom. The van der Waals surface area contributed by atoms with Crippen molar-refractivity contribution in [3.05, 3.63) is 0 Å². The van der Waals surface area contributed by atoms with Crippen molar-refractivity contribution < 1.29 is 19.1 Å². The van der Waals surface area contributed by atoms with E-state index in [4.69, 9.17) is 16.3 Å². The zero-order valence-electron chi connectivity index (χ0n) is 8.08. The lowest BCUT2D eigenvalue weighted by Gasteiger charge is -2.47. The number of carbonyl (C=O) groups is 3. The third-order valence-corrected chi connectivity index (χ3v) is 3.50. The van der Waals surface area contributed by atoms with Crippen LogP contribution in [0.3, 0.4) is 0 Å². The maximum atomic E-state index is 11.6. The fourth-order valence-corrected chi connectivity index (χ4v) is 2.49. The van der Waals surface area contributed by atoms with Crippen LogP contribution in [0, 0.1) is 5.92 Å². The van der Waals surface area contributed by atoms with Crippen LogP contribution in [0.15, 0.2) is 0 Å². The Morgan fingerprint density at radius 3 is 2.67 bits per heavy atom. The summed E-state index contributed by atoms with van der Waals surface area (Å²) in [6.45, 7) is 1.58. The largest absolute Gasteiger partial charge is 0.453 e. The second kappa shape index (κ2) is 2.95. The highest BCUT2D eigenvalue weighted by molar-refractivity contribution is 6.18. The van der Waals surface area contributed by atoms with Crippen molar-refractivity contribution in [2.24, 2.45) is 5.92 Å². The summed E-state index contributed by atoms with van der Waals surface area (Å²) < 4.78 is 4.97. The number of carbonyl (C=O) groups excluding carboxylic acids is 3. The topological polar surface area (TPSA) is 72.5 Å². The molecule has 0 saturated carbocycles. The van der Waals surface area contributed by atoms with Crippen LogP contribution in [0.4, 0.5) is 0 Å². The van der Waals surface area contributed by atoms with Crippen molar-refractivity contribution in [3.8, 4) is 0 Å². The minimum absolute atomic E-state index is 0.278. The first-order chi connectivity index (χ1) is 7.02. The van der Waals surface area contributed by atoms with E-state index < -0.39 is 23.0 Å². The van der Waals surface area contributed by atoms with E-state index in [2.05, 4.69) is 5.32 Å². The first kappa shape index (κ1) is 10.4. The van der Waals surface area contributed by atoms with Gasteiger partial charge in [-0.05, 0) is 13.3 Å². The molecule has 2 fully saturated rings. The monoisotopic (exact) mass is 231 g/mol. The molecular weight excluding hydrogens is 222 g/mol. The Morgan fingerprint density at radius 2 is 2.27 bits per heavy atom. The van der Waals surface area contributed by atoms with Crippen LogP contribution >= 0.6 is 11.6 Å². The van der Waals surface area contributed by atoms with Crippen molar-refractivity contribution >= 4 is 29.8 Å². The number of alkyl halides is 1. The molecule has 0 aliphatic carbocycles. The zero-order valence-corrected chi connectivity index (χ0v) is 8.84. The van der Waals surface area contributed by atoms with Gasteiger partial charge < -0.3 is 10.1 Å². The molecule has 0 bridgehead atoms. The molecule has 1 amide bonds. The second-order valence-electron chi connectivity index (χ2n) is 3.94. The molecule has 0 radical (unpaired) electrons. The van der Waals surface area contributed by atoms with E-state index in [1.54, 1.807) is 6.92 Å². The highest BCUT2D eigenvalue weighted by Gasteiger charge is 2.76. The summed E-state index contributed by atoms with van der Waals surface area (Å²) in [5.74, 6) is -1.31. The van der Waals surface area contributed by atoms with E-state index in [1.165, 1.54) is 0 Å². The Bertz CT molecular complexity index is 358. The summed E-state index contributed by atoms with van der Waals surface area (Å²) in [5.41, 5.74) is -2.56. The van der Waals surface area contributed by atoms with Crippen LogP contribution in [0.1, 0.15) is 13.3 Å². The number of rotatable bonds is 3. The van der Waals surface area contributed by atoms with Crippen LogP contribution in [0.25, 0.3) is 0 Å². The number of hydrogen-bond acceptors (Lipinski definition) is 4. The van der Waals surface area contributed by atoms with E-state index in [9.17, 15) is 14.4 Å². The van der Waals surface area contributed by atoms with Crippen LogP contribution in [0.2, 0.25) is 0 Å². The standard InChI is InChI=1S/C9H10ClNO4/c1-8-5(2-3-10)6(13)11-9(8,4-12)7(14)15-8/h4-5H,2-3H2,1H3,(H,11,13)/t5-,8-,9-/m0/s1. The third-order valence-electron chi connectivity index (χ3n) is 3.29. The average Bonchev–Trinajstić information content (AvgIpc) is 2.36. The van der Waals surface area contributed by atoms with Gasteiger partial charge in [0.25, 0.3) is 0 Å². The predicted octanol–water partition coefficient (Wildman–Crippen LogP) is -0.386. The highest BCUT2D eigenvalue weighted by Crippen LogP contribution is 2.48. The quantitative estimate of drug-likeness (QED) is 0.311. The van der Waals surface area contributed by atoms with Crippen molar-refractivity contribution in [3.63, 3.8) is 0 Å². The van der Waals surface area contributed by atoms with Gasteiger partial charge in [-0.2, -0.15) is 0 Å². The van der Waals surface area contributed by atoms with Gasteiger partial charge in [-0.25, -0.2) is 4.79 Å². The summed E-state index contributed by atoms with van der Waals surface area (Å²) in [5, 5.41) is 2.40. The summed E-state index contributed by atoms with van der Waals surface area (Å²) in [4.78, 5) is 33.8. The van der Waals surface area contributed by atoms with Gasteiger partial charge in [0.15, 0.2) is 11.9 Å². The Hall–Kier alpha value is -1.10. The van der Waals surface area contributed by atoms with Gasteiger partial charge >= 0.3 is 5.97 Å². The van der Waals surface area contributed by atoms with E-state index in [-0.39, 0.29) is 11.8 Å². The average molecular weight is 232 g/mol. The molecule has 82 valence electrons. The number of aldehydes is 1. The van der Waals surface area contributed by atoms with E-state index in [1.807, 2.05) is 0 Å². The molecule has 5 nitrogen and oxygen atoms in total. The molecule has 0 spiro atoms. The lowest BCUT2D eigenvalue weighted by Crippen LogP contribution is -2.75. The van der Waals surface area contributed by atoms with E-state index in [0.717, 1.165) is 0 Å². The molecule has 2 rings (SSSR count). The van der Waals surface area contributed by atoms with Crippen LogP contribution in [-0.4, -0.2) is 35.2 Å². The molecule has 2 heterocycles. The number of fused-ring (bicyclic) bond motifs is 1. The number of amides is 1. The van der Waals surface area contributed by atoms with E-state index in [0.29, 0.717) is 12.7 Å². The van der Waals surface area contributed by atoms with Gasteiger partial charge in [0.1, 0.15) is 0 Å². The molecule has 0 aromatic heterocycles. The maximum absolute atomic E-state index is 11.6. The van der Waals surface area contributed by atoms with Gasteiger partial charge in [0.05, 0.1) is 5.92 Å². The zero-order chi connectivity index (χ0) is 11.3. The summed E-state index contributed by atoms with van der Waals surface area (Å²) in [7, 11) is 0. The van der Waals surface area contributed by atoms with Crippen molar-refractivity contribution in [1.82, 2.24) is 5.32 Å². The van der Waals surface area contributed by atoms with Gasteiger partial charge in [-0.15, -0.1) is 11.6 Å². The highest BCUT2D eigenvalue weighted by atomic mass is 35.5. The van der Waals surface area contributed by atoms with Crippen molar-refractivity contribution in [2.45, 2.75) is 24.5 Å². The summed E-state index contributed by atoms with van der Waals surface area (Å²) in [6.07, 6.45) is 0.831. The van der Waals surface area contributed by atoms with Crippen LogP contribution < -0.4 is 5.32 Å². The fourth-order valence-electron chi connectivity index (χ4n) is 2.27. The Labute approximate surface area is 91.1 Å². The molecule has 0 unspecified atom stereocenters. The first-order valence-electron chi connectivity index (χ1n) is 4.59. The van der Waals surface area contributed by atoms with Gasteiger partial charge in [0, 0.05) is 5.88 Å². The lowest BCUT2D eigenvalue weighted by atomic mass is 9.72. The Balaban J connectivity index is 2.38. The minimum atomic E-state index is -1.49. The molecule has 2 aliphatic rings. The molecule has 0 aromatic carbocycles.